The van der Waals surface area contributed by atoms with Crippen LogP contribution >= 0.6 is 0 Å². The number of anilines is 1. The van der Waals surface area contributed by atoms with E-state index < -0.39 is 0 Å². The summed E-state index contributed by atoms with van der Waals surface area (Å²) in [5.41, 5.74) is 7.97. The quantitative estimate of drug-likeness (QED) is 0.687. The summed E-state index contributed by atoms with van der Waals surface area (Å²) in [4.78, 5) is 0. The molecule has 2 rings (SSSR count). The molecule has 3 nitrogen and oxygen atoms in total. The Morgan fingerprint density at radius 3 is 2.43 bits per heavy atom. The molecule has 0 radical (unpaired) electrons. The number of hydrogen-bond donors (Lipinski definition) is 1. The second-order valence-electron chi connectivity index (χ2n) is 3.01. The molecular formula is C11H9N3. The molecule has 1 aromatic carbocycles. The molecule has 0 amide bonds. The molecule has 2 N–H and O–H groups in total. The van der Waals surface area contributed by atoms with Crippen LogP contribution in [-0.2, 0) is 0 Å². The van der Waals surface area contributed by atoms with Gasteiger partial charge in [0.2, 0.25) is 0 Å². The zero-order valence-corrected chi connectivity index (χ0v) is 7.51. The van der Waals surface area contributed by atoms with Crippen LogP contribution in [0.3, 0.4) is 0 Å². The van der Waals surface area contributed by atoms with Gasteiger partial charge in [-0.2, -0.15) is 5.26 Å². The normalized spacial score (nSPS) is 9.64. The van der Waals surface area contributed by atoms with Crippen molar-refractivity contribution in [3.63, 3.8) is 0 Å². The summed E-state index contributed by atoms with van der Waals surface area (Å²) in [6.45, 7) is 0. The Labute approximate surface area is 82.0 Å². The number of nitrogen functional groups attached to an aromatic ring is 1. The van der Waals surface area contributed by atoms with Crippen LogP contribution in [0.15, 0.2) is 42.7 Å². The highest BCUT2D eigenvalue weighted by Crippen LogP contribution is 2.12. The minimum Gasteiger partial charge on any atom is -0.399 e. The highest BCUT2D eigenvalue weighted by atomic mass is 14.9. The first-order valence-corrected chi connectivity index (χ1v) is 4.23. The van der Waals surface area contributed by atoms with E-state index in [1.54, 1.807) is 12.3 Å². The van der Waals surface area contributed by atoms with Crippen LogP contribution in [0.2, 0.25) is 0 Å². The average molecular weight is 183 g/mol. The monoisotopic (exact) mass is 183 g/mol. The van der Waals surface area contributed by atoms with Gasteiger partial charge in [0.15, 0.2) is 0 Å². The van der Waals surface area contributed by atoms with E-state index in [2.05, 4.69) is 6.07 Å². The Bertz CT molecular complexity index is 474. The number of nitrogens with zero attached hydrogens (tertiary/aromatic N) is 2. The van der Waals surface area contributed by atoms with Gasteiger partial charge in [-0.1, -0.05) is 0 Å². The van der Waals surface area contributed by atoms with Crippen LogP contribution in [0.1, 0.15) is 5.56 Å². The molecule has 14 heavy (non-hydrogen) atoms. The SMILES string of the molecule is N#Cc1ccn(-c2ccc(N)cc2)c1. The Morgan fingerprint density at radius 2 is 1.86 bits per heavy atom. The maximum absolute atomic E-state index is 8.66. The highest BCUT2D eigenvalue weighted by molar-refractivity contribution is 5.46. The van der Waals surface area contributed by atoms with Gasteiger partial charge < -0.3 is 10.3 Å². The predicted octanol–water partition coefficient (Wildman–Crippen LogP) is 1.93. The Hall–Kier alpha value is -2.21. The van der Waals surface area contributed by atoms with Crippen LogP contribution in [-0.4, -0.2) is 4.57 Å². The van der Waals surface area contributed by atoms with Gasteiger partial charge in [-0.3, -0.25) is 0 Å². The second-order valence-corrected chi connectivity index (χ2v) is 3.01. The van der Waals surface area contributed by atoms with Gasteiger partial charge in [-0.15, -0.1) is 0 Å². The van der Waals surface area contributed by atoms with Gasteiger partial charge in [0, 0.05) is 23.8 Å². The number of rotatable bonds is 1. The average Bonchev–Trinajstić information content (AvgIpc) is 2.67. The van der Waals surface area contributed by atoms with E-state index in [9.17, 15) is 0 Å². The summed E-state index contributed by atoms with van der Waals surface area (Å²) >= 11 is 0. The molecule has 0 spiro atoms. The van der Waals surface area contributed by atoms with E-state index in [4.69, 9.17) is 11.0 Å². The summed E-state index contributed by atoms with van der Waals surface area (Å²) in [6.07, 6.45) is 3.63. The Kier molecular flexibility index (Phi) is 1.96. The van der Waals surface area contributed by atoms with Gasteiger partial charge in [0.25, 0.3) is 0 Å². The third-order valence-corrected chi connectivity index (χ3v) is 2.01. The minimum absolute atomic E-state index is 0.654. The van der Waals surface area contributed by atoms with Crippen molar-refractivity contribution < 1.29 is 0 Å². The second kappa shape index (κ2) is 3.27. The third kappa shape index (κ3) is 1.46. The predicted molar refractivity (Wildman–Crippen MR) is 54.9 cm³/mol. The molecule has 2 aromatic rings. The fourth-order valence-electron chi connectivity index (χ4n) is 1.27. The first-order chi connectivity index (χ1) is 6.79. The summed E-state index contributed by atoms with van der Waals surface area (Å²) < 4.78 is 1.89. The highest BCUT2D eigenvalue weighted by Gasteiger charge is 1.97. The zero-order valence-electron chi connectivity index (χ0n) is 7.51. The molecule has 0 aliphatic heterocycles. The number of aromatic nitrogens is 1. The number of nitrogens with two attached hydrogens (primary N) is 1. The maximum atomic E-state index is 8.66. The molecule has 1 aromatic heterocycles. The Balaban J connectivity index is 2.40. The molecule has 0 bridgehead atoms. The largest absolute Gasteiger partial charge is 0.399 e. The Morgan fingerprint density at radius 1 is 1.14 bits per heavy atom. The fourth-order valence-corrected chi connectivity index (χ4v) is 1.27. The van der Waals surface area contributed by atoms with Gasteiger partial charge in [0.05, 0.1) is 5.56 Å². The fraction of sp³-hybridized carbons (Fsp3) is 0. The smallest absolute Gasteiger partial charge is 0.101 e. The molecule has 0 aliphatic carbocycles. The molecule has 68 valence electrons. The molecule has 0 fully saturated rings. The van der Waals surface area contributed by atoms with E-state index in [1.165, 1.54) is 0 Å². The number of hydrogen-bond acceptors (Lipinski definition) is 2. The summed E-state index contributed by atoms with van der Waals surface area (Å²) in [7, 11) is 0. The molecule has 0 aliphatic rings. The first-order valence-electron chi connectivity index (χ1n) is 4.23. The van der Waals surface area contributed by atoms with E-state index in [-0.39, 0.29) is 0 Å². The van der Waals surface area contributed by atoms with Crippen molar-refractivity contribution in [1.82, 2.24) is 4.57 Å². The van der Waals surface area contributed by atoms with Crippen LogP contribution in [0, 0.1) is 11.3 Å². The van der Waals surface area contributed by atoms with Crippen LogP contribution < -0.4 is 5.73 Å². The first kappa shape index (κ1) is 8.39. The van der Waals surface area contributed by atoms with Crippen molar-refractivity contribution >= 4 is 5.69 Å². The number of benzene rings is 1. The topological polar surface area (TPSA) is 54.7 Å². The van der Waals surface area contributed by atoms with Crippen molar-refractivity contribution in [2.75, 3.05) is 5.73 Å². The maximum Gasteiger partial charge on any atom is 0.101 e. The van der Waals surface area contributed by atoms with E-state index >= 15 is 0 Å². The lowest BCUT2D eigenvalue weighted by Gasteiger charge is -2.01. The van der Waals surface area contributed by atoms with Crippen molar-refractivity contribution in [2.45, 2.75) is 0 Å². The molecule has 0 unspecified atom stereocenters. The third-order valence-electron chi connectivity index (χ3n) is 2.01. The molecule has 0 saturated carbocycles. The molecule has 1 heterocycles. The van der Waals surface area contributed by atoms with E-state index in [0.717, 1.165) is 11.4 Å². The lowest BCUT2D eigenvalue weighted by molar-refractivity contribution is 1.08. The summed E-state index contributed by atoms with van der Waals surface area (Å²) in [5, 5.41) is 8.66. The van der Waals surface area contributed by atoms with Crippen molar-refractivity contribution in [3.8, 4) is 11.8 Å². The van der Waals surface area contributed by atoms with Crippen LogP contribution in [0.25, 0.3) is 5.69 Å². The standard InChI is InChI=1S/C11H9N3/c12-7-9-5-6-14(8-9)11-3-1-10(13)2-4-11/h1-6,8H,13H2. The lowest BCUT2D eigenvalue weighted by Crippen LogP contribution is -1.90. The summed E-state index contributed by atoms with van der Waals surface area (Å²) in [6, 6.07) is 11.4. The van der Waals surface area contributed by atoms with Gasteiger partial charge in [-0.25, -0.2) is 0 Å². The summed E-state index contributed by atoms with van der Waals surface area (Å²) in [5.74, 6) is 0. The van der Waals surface area contributed by atoms with Gasteiger partial charge in [-0.05, 0) is 30.3 Å². The van der Waals surface area contributed by atoms with Crippen molar-refractivity contribution in [1.29, 1.82) is 5.26 Å². The minimum atomic E-state index is 0.654. The van der Waals surface area contributed by atoms with Crippen LogP contribution in [0.5, 0.6) is 0 Å². The van der Waals surface area contributed by atoms with E-state index in [0.29, 0.717) is 5.56 Å². The van der Waals surface area contributed by atoms with Crippen LogP contribution in [0.4, 0.5) is 5.69 Å². The molecule has 3 heteroatoms. The van der Waals surface area contributed by atoms with Gasteiger partial charge in [0.1, 0.15) is 6.07 Å². The van der Waals surface area contributed by atoms with Gasteiger partial charge >= 0.3 is 0 Å². The molecule has 0 atom stereocenters. The lowest BCUT2D eigenvalue weighted by atomic mass is 10.3. The van der Waals surface area contributed by atoms with Crippen molar-refractivity contribution in [3.05, 3.63) is 48.3 Å². The zero-order chi connectivity index (χ0) is 9.97. The molecular weight excluding hydrogens is 174 g/mol. The van der Waals surface area contributed by atoms with E-state index in [1.807, 2.05) is 35.0 Å². The van der Waals surface area contributed by atoms with Crippen molar-refractivity contribution in [2.24, 2.45) is 0 Å². The molecule has 0 saturated heterocycles. The number of nitriles is 1.